The summed E-state index contributed by atoms with van der Waals surface area (Å²) in [4.78, 5) is 29.3. The maximum absolute atomic E-state index is 14.0. The van der Waals surface area contributed by atoms with E-state index < -0.39 is 18.1 Å². The van der Waals surface area contributed by atoms with E-state index in [4.69, 9.17) is 14.5 Å². The molecule has 1 amide bonds. The minimum absolute atomic E-state index is 0.124. The Kier molecular flexibility index (Phi) is 6.92. The fourth-order valence-electron chi connectivity index (χ4n) is 2.21. The Hall–Kier alpha value is -0.900. The number of amides is 1. The molecule has 6 nitrogen and oxygen atoms in total. The lowest BCUT2D eigenvalue weighted by Gasteiger charge is -2.16. The molecule has 1 aromatic carbocycles. The Balaban J connectivity index is 2.25. The average molecular weight is 472 g/mol. The number of halogens is 3. The van der Waals surface area contributed by atoms with Gasteiger partial charge in [0.1, 0.15) is 4.88 Å². The second-order valence-electron chi connectivity index (χ2n) is 5.50. The molecule has 11 heteroatoms. The number of hydrogen-bond donors (Lipinski definition) is 3. The molecule has 3 N–H and O–H groups in total. The Morgan fingerprint density at radius 3 is 2.69 bits per heavy atom. The van der Waals surface area contributed by atoms with Crippen molar-refractivity contribution in [1.82, 2.24) is 5.32 Å². The quantitative estimate of drug-likeness (QED) is 0.398. The summed E-state index contributed by atoms with van der Waals surface area (Å²) < 4.78 is 44.3. The van der Waals surface area contributed by atoms with Gasteiger partial charge in [-0.3, -0.25) is 9.36 Å². The van der Waals surface area contributed by atoms with Gasteiger partial charge in [0.15, 0.2) is 0 Å². The van der Waals surface area contributed by atoms with Crippen LogP contribution in [-0.4, -0.2) is 36.0 Å². The van der Waals surface area contributed by atoms with Crippen LogP contribution in [0.25, 0.3) is 10.1 Å². The van der Waals surface area contributed by atoms with Gasteiger partial charge in [0, 0.05) is 40.4 Å². The fourth-order valence-corrected chi connectivity index (χ4v) is 5.13. The number of nitrogens with one attached hydrogen (secondary N) is 1. The molecule has 0 spiro atoms. The second kappa shape index (κ2) is 8.41. The van der Waals surface area contributed by atoms with Gasteiger partial charge in [-0.05, 0) is 47.0 Å². The highest BCUT2D eigenvalue weighted by molar-refractivity contribution is 9.10. The summed E-state index contributed by atoms with van der Waals surface area (Å²) in [6.45, 7) is 1.05. The molecule has 0 aliphatic rings. The summed E-state index contributed by atoms with van der Waals surface area (Å²) in [5, 5.41) is 3.02. The highest BCUT2D eigenvalue weighted by Crippen LogP contribution is 2.62. The van der Waals surface area contributed by atoms with E-state index in [1.165, 1.54) is 18.2 Å². The van der Waals surface area contributed by atoms with Crippen molar-refractivity contribution < 1.29 is 32.7 Å². The number of methoxy groups -OCH3 is 1. The van der Waals surface area contributed by atoms with Crippen LogP contribution < -0.4 is 5.32 Å². The van der Waals surface area contributed by atoms with Crippen molar-refractivity contribution in [3.8, 4) is 0 Å². The molecule has 0 radical (unpaired) electrons. The van der Waals surface area contributed by atoms with Crippen molar-refractivity contribution in [2.24, 2.45) is 0 Å². The van der Waals surface area contributed by atoms with Crippen LogP contribution in [0.2, 0.25) is 0 Å². The summed E-state index contributed by atoms with van der Waals surface area (Å²) in [5.41, 5.74) is -4.03. The molecule has 0 bridgehead atoms. The number of benzene rings is 1. The lowest BCUT2D eigenvalue weighted by molar-refractivity contribution is 0.0595. The predicted molar refractivity (Wildman–Crippen MR) is 98.9 cm³/mol. The van der Waals surface area contributed by atoms with E-state index >= 15 is 0 Å². The minimum Gasteiger partial charge on any atom is -0.385 e. The Morgan fingerprint density at radius 2 is 2.08 bits per heavy atom. The van der Waals surface area contributed by atoms with Gasteiger partial charge in [-0.1, -0.05) is 0 Å². The van der Waals surface area contributed by atoms with Crippen LogP contribution in [0.5, 0.6) is 0 Å². The van der Waals surface area contributed by atoms with Gasteiger partial charge >= 0.3 is 13.3 Å². The molecule has 0 saturated heterocycles. The van der Waals surface area contributed by atoms with Crippen molar-refractivity contribution in [2.45, 2.75) is 18.5 Å². The van der Waals surface area contributed by atoms with Gasteiger partial charge in [-0.15, -0.1) is 11.3 Å². The number of alkyl halides is 2. The zero-order valence-corrected chi connectivity index (χ0v) is 17.0. The molecule has 0 aliphatic carbocycles. The van der Waals surface area contributed by atoms with Crippen LogP contribution >= 0.6 is 34.9 Å². The number of thiophene rings is 1. The van der Waals surface area contributed by atoms with Gasteiger partial charge in [0.05, 0.1) is 0 Å². The van der Waals surface area contributed by atoms with Crippen LogP contribution in [0.3, 0.4) is 0 Å². The number of rotatable bonds is 8. The van der Waals surface area contributed by atoms with E-state index in [1.54, 1.807) is 7.11 Å². The van der Waals surface area contributed by atoms with E-state index in [1.807, 2.05) is 0 Å². The monoisotopic (exact) mass is 471 g/mol. The van der Waals surface area contributed by atoms with Crippen LogP contribution in [0.4, 0.5) is 8.78 Å². The summed E-state index contributed by atoms with van der Waals surface area (Å²) in [7, 11) is -4.08. The fraction of sp³-hybridized carbons (Fsp3) is 0.400. The van der Waals surface area contributed by atoms with E-state index in [2.05, 4.69) is 21.2 Å². The van der Waals surface area contributed by atoms with Gasteiger partial charge in [0.2, 0.25) is 0 Å². The van der Waals surface area contributed by atoms with Crippen LogP contribution in [0.15, 0.2) is 22.7 Å². The number of hydrogen-bond acceptors (Lipinski definition) is 4. The molecule has 0 atom stereocenters. The summed E-state index contributed by atoms with van der Waals surface area (Å²) >= 11 is 3.56. The smallest absolute Gasteiger partial charge is 0.385 e. The lowest BCUT2D eigenvalue weighted by Crippen LogP contribution is -2.24. The minimum atomic E-state index is -5.67. The maximum atomic E-state index is 14.0. The third-order valence-electron chi connectivity index (χ3n) is 3.59. The Labute approximate surface area is 160 Å². The van der Waals surface area contributed by atoms with Crippen molar-refractivity contribution in [1.29, 1.82) is 0 Å². The first kappa shape index (κ1) is 21.4. The Morgan fingerprint density at radius 1 is 1.38 bits per heavy atom. The van der Waals surface area contributed by atoms with Crippen molar-refractivity contribution in [3.63, 3.8) is 0 Å². The van der Waals surface area contributed by atoms with Crippen LogP contribution in [-0.2, 0) is 15.0 Å². The molecule has 2 rings (SSSR count). The van der Waals surface area contributed by atoms with Gasteiger partial charge in [-0.2, -0.15) is 8.78 Å². The topological polar surface area (TPSA) is 95.9 Å². The zero-order chi connectivity index (χ0) is 19.5. The largest absolute Gasteiger partial charge is 0.400 e. The first-order valence-electron chi connectivity index (χ1n) is 7.52. The van der Waals surface area contributed by atoms with Gasteiger partial charge in [-0.25, -0.2) is 0 Å². The van der Waals surface area contributed by atoms with Crippen molar-refractivity contribution in [2.75, 3.05) is 20.3 Å². The van der Waals surface area contributed by atoms with E-state index in [0.717, 1.165) is 12.8 Å². The second-order valence-corrected chi connectivity index (χ2v) is 8.99. The summed E-state index contributed by atoms with van der Waals surface area (Å²) in [6, 6.07) is 4.37. The van der Waals surface area contributed by atoms with Gasteiger partial charge < -0.3 is 19.8 Å². The van der Waals surface area contributed by atoms with Crippen molar-refractivity contribution >= 4 is 50.9 Å². The Bertz CT molecular complexity index is 854. The maximum Gasteiger partial charge on any atom is 0.400 e. The third-order valence-corrected chi connectivity index (χ3v) is 7.02. The first-order valence-corrected chi connectivity index (χ1v) is 10.7. The van der Waals surface area contributed by atoms with E-state index in [9.17, 15) is 18.1 Å². The highest BCUT2D eigenvalue weighted by Gasteiger charge is 2.53. The molecule has 144 valence electrons. The molecule has 1 heterocycles. The first-order chi connectivity index (χ1) is 12.1. The number of fused-ring (bicyclic) bond motifs is 1. The number of carbonyl (C=O) groups is 1. The molecule has 1 aromatic heterocycles. The molecule has 0 fully saturated rings. The van der Waals surface area contributed by atoms with Gasteiger partial charge in [0.25, 0.3) is 5.91 Å². The number of unbranched alkanes of at least 4 members (excludes halogenated alkanes) is 1. The highest BCUT2D eigenvalue weighted by atomic mass is 79.9. The molecule has 26 heavy (non-hydrogen) atoms. The predicted octanol–water partition coefficient (Wildman–Crippen LogP) is 4.05. The zero-order valence-electron chi connectivity index (χ0n) is 13.7. The van der Waals surface area contributed by atoms with Crippen LogP contribution in [0.1, 0.15) is 28.1 Å². The number of carbonyl (C=O) groups excluding carboxylic acids is 1. The average Bonchev–Trinajstić information content (AvgIpc) is 2.90. The summed E-state index contributed by atoms with van der Waals surface area (Å²) in [5.74, 6) is -0.356. The summed E-state index contributed by atoms with van der Waals surface area (Å²) in [6.07, 6.45) is 1.54. The molecule has 0 aliphatic heterocycles. The molecule has 2 aromatic rings. The standard InChI is InChI=1S/C15H17BrF2NO5PS/c1-24-7-3-2-6-19-14(20)9-4-5-11-10(8-9)12(16)13(26-11)15(17,18)25(21,22)23/h4-5,8H,2-3,6-7H2,1H3,(H,19,20)(H2,21,22,23). The van der Waals surface area contributed by atoms with E-state index in [-0.39, 0.29) is 15.9 Å². The molecular formula is C15H17BrF2NO5PS. The molecule has 0 saturated carbocycles. The third kappa shape index (κ3) is 4.49. The van der Waals surface area contributed by atoms with Crippen molar-refractivity contribution in [3.05, 3.63) is 33.1 Å². The molecule has 0 unspecified atom stereocenters. The molecular weight excluding hydrogens is 455 g/mol. The lowest BCUT2D eigenvalue weighted by atomic mass is 10.1. The number of ether oxygens (including phenoxy) is 1. The van der Waals surface area contributed by atoms with E-state index in [0.29, 0.717) is 34.6 Å². The SMILES string of the molecule is COCCCCNC(=O)c1ccc2sc(C(F)(F)P(=O)(O)O)c(Br)c2c1. The van der Waals surface area contributed by atoms with Crippen LogP contribution in [0, 0.1) is 0 Å². The normalized spacial score (nSPS) is 12.5.